The number of hydrogen-bond donors (Lipinski definition) is 1. The van der Waals surface area contributed by atoms with Gasteiger partial charge in [-0.3, -0.25) is 4.79 Å². The first-order valence-electron chi connectivity index (χ1n) is 9.06. The summed E-state index contributed by atoms with van der Waals surface area (Å²) in [6.45, 7) is 3.01. The molecule has 3 heterocycles. The number of anilines is 1. The van der Waals surface area contributed by atoms with E-state index in [0.29, 0.717) is 23.8 Å². The first kappa shape index (κ1) is 19.4. The lowest BCUT2D eigenvalue weighted by Crippen LogP contribution is -2.36. The van der Waals surface area contributed by atoms with Crippen molar-refractivity contribution >= 4 is 23.1 Å². The number of halogens is 2. The number of carbonyl (C=O) groups is 1. The molecule has 0 aliphatic carbocycles. The number of aromatic nitrogens is 2. The highest BCUT2D eigenvalue weighted by Crippen LogP contribution is 2.25. The van der Waals surface area contributed by atoms with E-state index in [1.807, 2.05) is 12.1 Å². The SMILES string of the molecule is O=C(NCc1cc(F)cc(F)c1)c1csc(-c2ccc(N3CCOCC3)nc2)n1. The topological polar surface area (TPSA) is 67.4 Å². The number of rotatable bonds is 5. The third-order valence-electron chi connectivity index (χ3n) is 4.44. The highest BCUT2D eigenvalue weighted by atomic mass is 32.1. The van der Waals surface area contributed by atoms with E-state index >= 15 is 0 Å². The Labute approximate surface area is 170 Å². The lowest BCUT2D eigenvalue weighted by Gasteiger charge is -2.27. The fourth-order valence-electron chi connectivity index (χ4n) is 2.99. The number of morpholine rings is 1. The van der Waals surface area contributed by atoms with E-state index in [0.717, 1.165) is 30.5 Å². The number of thiazole rings is 1. The molecule has 6 nitrogen and oxygen atoms in total. The molecule has 0 radical (unpaired) electrons. The van der Waals surface area contributed by atoms with Crippen LogP contribution in [0.5, 0.6) is 0 Å². The molecular formula is C20H18F2N4O2S. The van der Waals surface area contributed by atoms with Gasteiger partial charge in [0, 0.05) is 42.8 Å². The Hall–Kier alpha value is -2.91. The average Bonchev–Trinajstić information content (AvgIpc) is 3.22. The van der Waals surface area contributed by atoms with Crippen molar-refractivity contribution in [1.29, 1.82) is 0 Å². The molecule has 0 unspecified atom stereocenters. The van der Waals surface area contributed by atoms with Gasteiger partial charge in [0.15, 0.2) is 0 Å². The molecular weight excluding hydrogens is 398 g/mol. The van der Waals surface area contributed by atoms with Crippen LogP contribution in [0.4, 0.5) is 14.6 Å². The number of benzene rings is 1. The number of ether oxygens (including phenoxy) is 1. The summed E-state index contributed by atoms with van der Waals surface area (Å²) in [5.74, 6) is -0.889. The molecule has 0 spiro atoms. The van der Waals surface area contributed by atoms with Gasteiger partial charge in [0.1, 0.15) is 28.2 Å². The number of carbonyl (C=O) groups excluding carboxylic acids is 1. The summed E-state index contributed by atoms with van der Waals surface area (Å²) >= 11 is 1.33. The smallest absolute Gasteiger partial charge is 0.271 e. The Kier molecular flexibility index (Phi) is 5.77. The summed E-state index contributed by atoms with van der Waals surface area (Å²) < 4.78 is 31.8. The van der Waals surface area contributed by atoms with Gasteiger partial charge in [0.25, 0.3) is 5.91 Å². The maximum atomic E-state index is 13.2. The molecule has 9 heteroatoms. The molecule has 1 N–H and O–H groups in total. The van der Waals surface area contributed by atoms with Crippen LogP contribution in [0, 0.1) is 11.6 Å². The van der Waals surface area contributed by atoms with Gasteiger partial charge in [-0.15, -0.1) is 11.3 Å². The number of pyridine rings is 1. The van der Waals surface area contributed by atoms with Crippen molar-refractivity contribution < 1.29 is 18.3 Å². The van der Waals surface area contributed by atoms with Crippen LogP contribution in [0.15, 0.2) is 41.9 Å². The van der Waals surface area contributed by atoms with E-state index in [9.17, 15) is 13.6 Å². The minimum Gasteiger partial charge on any atom is -0.378 e. The number of nitrogens with zero attached hydrogens (tertiary/aromatic N) is 3. The first-order chi connectivity index (χ1) is 14.1. The molecule has 1 aliphatic heterocycles. The van der Waals surface area contributed by atoms with E-state index in [1.54, 1.807) is 11.6 Å². The van der Waals surface area contributed by atoms with E-state index in [4.69, 9.17) is 4.74 Å². The molecule has 4 rings (SSSR count). The van der Waals surface area contributed by atoms with Crippen LogP contribution in [0.2, 0.25) is 0 Å². The Morgan fingerprint density at radius 1 is 1.17 bits per heavy atom. The van der Waals surface area contributed by atoms with Crippen LogP contribution >= 0.6 is 11.3 Å². The van der Waals surface area contributed by atoms with Gasteiger partial charge in [-0.05, 0) is 29.8 Å². The van der Waals surface area contributed by atoms with Crippen LogP contribution in [-0.2, 0) is 11.3 Å². The summed E-state index contributed by atoms with van der Waals surface area (Å²) in [6, 6.07) is 7.00. The predicted octanol–water partition coefficient (Wildman–Crippen LogP) is 3.25. The van der Waals surface area contributed by atoms with Crippen LogP contribution in [0.1, 0.15) is 16.1 Å². The lowest BCUT2D eigenvalue weighted by atomic mass is 10.2. The maximum absolute atomic E-state index is 13.2. The van der Waals surface area contributed by atoms with Crippen molar-refractivity contribution in [2.45, 2.75) is 6.54 Å². The normalized spacial score (nSPS) is 14.1. The summed E-state index contributed by atoms with van der Waals surface area (Å²) in [7, 11) is 0. The second-order valence-electron chi connectivity index (χ2n) is 6.50. The van der Waals surface area contributed by atoms with E-state index in [2.05, 4.69) is 20.2 Å². The highest BCUT2D eigenvalue weighted by molar-refractivity contribution is 7.13. The fraction of sp³-hybridized carbons (Fsp3) is 0.250. The van der Waals surface area contributed by atoms with Crippen molar-refractivity contribution in [3.63, 3.8) is 0 Å². The van der Waals surface area contributed by atoms with Crippen molar-refractivity contribution in [2.24, 2.45) is 0 Å². The third-order valence-corrected chi connectivity index (χ3v) is 5.33. The van der Waals surface area contributed by atoms with E-state index in [-0.39, 0.29) is 12.2 Å². The van der Waals surface area contributed by atoms with Crippen molar-refractivity contribution in [3.8, 4) is 10.6 Å². The van der Waals surface area contributed by atoms with Gasteiger partial charge in [-0.1, -0.05) is 0 Å². The van der Waals surface area contributed by atoms with Gasteiger partial charge in [-0.25, -0.2) is 18.7 Å². The predicted molar refractivity (Wildman–Crippen MR) is 106 cm³/mol. The number of hydrogen-bond acceptors (Lipinski definition) is 6. The minimum atomic E-state index is -0.682. The highest BCUT2D eigenvalue weighted by Gasteiger charge is 2.15. The Bertz CT molecular complexity index is 984. The molecule has 3 aromatic rings. The van der Waals surface area contributed by atoms with Gasteiger partial charge in [0.05, 0.1) is 13.2 Å². The number of nitrogens with one attached hydrogen (secondary N) is 1. The summed E-state index contributed by atoms with van der Waals surface area (Å²) in [5, 5.41) is 4.94. The average molecular weight is 416 g/mol. The molecule has 0 bridgehead atoms. The zero-order chi connectivity index (χ0) is 20.2. The minimum absolute atomic E-state index is 0.0101. The fourth-order valence-corrected chi connectivity index (χ4v) is 3.78. The second-order valence-corrected chi connectivity index (χ2v) is 7.36. The zero-order valence-corrected chi connectivity index (χ0v) is 16.2. The van der Waals surface area contributed by atoms with Crippen molar-refractivity contribution in [1.82, 2.24) is 15.3 Å². The van der Waals surface area contributed by atoms with Gasteiger partial charge in [-0.2, -0.15) is 0 Å². The maximum Gasteiger partial charge on any atom is 0.271 e. The van der Waals surface area contributed by atoms with Gasteiger partial charge >= 0.3 is 0 Å². The quantitative estimate of drug-likeness (QED) is 0.692. The second kappa shape index (κ2) is 8.62. The molecule has 0 saturated carbocycles. The lowest BCUT2D eigenvalue weighted by molar-refractivity contribution is 0.0946. The van der Waals surface area contributed by atoms with Crippen LogP contribution < -0.4 is 10.2 Å². The van der Waals surface area contributed by atoms with E-state index in [1.165, 1.54) is 23.5 Å². The molecule has 1 fully saturated rings. The van der Waals surface area contributed by atoms with Crippen LogP contribution in [0.3, 0.4) is 0 Å². The molecule has 1 aromatic carbocycles. The zero-order valence-electron chi connectivity index (χ0n) is 15.4. The summed E-state index contributed by atoms with van der Waals surface area (Å²) in [5.41, 5.74) is 1.41. The van der Waals surface area contributed by atoms with Crippen molar-refractivity contribution in [2.75, 3.05) is 31.2 Å². The Balaban J connectivity index is 1.40. The Morgan fingerprint density at radius 2 is 1.93 bits per heavy atom. The molecule has 2 aromatic heterocycles. The van der Waals surface area contributed by atoms with E-state index < -0.39 is 17.5 Å². The van der Waals surface area contributed by atoms with Crippen molar-refractivity contribution in [3.05, 3.63) is 64.8 Å². The Morgan fingerprint density at radius 3 is 2.62 bits per heavy atom. The molecule has 1 amide bonds. The first-order valence-corrected chi connectivity index (χ1v) is 9.94. The van der Waals surface area contributed by atoms with Crippen LogP contribution in [-0.4, -0.2) is 42.2 Å². The molecule has 29 heavy (non-hydrogen) atoms. The molecule has 150 valence electrons. The number of amides is 1. The third kappa shape index (κ3) is 4.75. The molecule has 1 aliphatic rings. The standard InChI is InChI=1S/C20H18F2N4O2S/c21-15-7-13(8-16(22)9-15)10-24-19(27)17-12-29-20(25-17)14-1-2-18(23-11-14)26-3-5-28-6-4-26/h1-2,7-9,11-12H,3-6,10H2,(H,24,27). The largest absolute Gasteiger partial charge is 0.378 e. The summed E-state index contributed by atoms with van der Waals surface area (Å²) in [6.07, 6.45) is 1.74. The molecule has 1 saturated heterocycles. The van der Waals surface area contributed by atoms with Crippen LogP contribution in [0.25, 0.3) is 10.6 Å². The monoisotopic (exact) mass is 416 g/mol. The summed E-state index contributed by atoms with van der Waals surface area (Å²) in [4.78, 5) is 23.3. The van der Waals surface area contributed by atoms with Gasteiger partial charge in [0.2, 0.25) is 0 Å². The van der Waals surface area contributed by atoms with Gasteiger partial charge < -0.3 is 15.0 Å². The molecule has 0 atom stereocenters.